The molecular formula is C22H15F. The highest BCUT2D eigenvalue weighted by molar-refractivity contribution is 6.04. The Hall–Kier alpha value is -2.93. The number of benzene rings is 4. The average molecular weight is 298 g/mol. The minimum atomic E-state index is -0.208. The molecule has 0 bridgehead atoms. The highest BCUT2D eigenvalue weighted by Crippen LogP contribution is 2.38. The molecule has 0 aromatic heterocycles. The molecule has 0 unspecified atom stereocenters. The topological polar surface area (TPSA) is 0 Å². The fourth-order valence-electron chi connectivity index (χ4n) is 3.07. The zero-order valence-corrected chi connectivity index (χ0v) is 12.5. The van der Waals surface area contributed by atoms with Crippen LogP contribution in [0.4, 0.5) is 4.39 Å². The molecule has 0 nitrogen and oxygen atoms in total. The summed E-state index contributed by atoms with van der Waals surface area (Å²) in [5.74, 6) is -0.208. The van der Waals surface area contributed by atoms with Gasteiger partial charge in [0.2, 0.25) is 0 Å². The Morgan fingerprint density at radius 3 is 1.87 bits per heavy atom. The fourth-order valence-corrected chi connectivity index (χ4v) is 3.07. The molecular weight excluding hydrogens is 283 g/mol. The van der Waals surface area contributed by atoms with Crippen molar-refractivity contribution >= 4 is 10.8 Å². The first-order valence-corrected chi connectivity index (χ1v) is 7.66. The molecule has 4 aromatic carbocycles. The first kappa shape index (κ1) is 13.7. The quantitative estimate of drug-likeness (QED) is 0.406. The Morgan fingerprint density at radius 1 is 0.565 bits per heavy atom. The van der Waals surface area contributed by atoms with Crippen LogP contribution < -0.4 is 0 Å². The van der Waals surface area contributed by atoms with Gasteiger partial charge < -0.3 is 0 Å². The van der Waals surface area contributed by atoms with Crippen LogP contribution in [0.3, 0.4) is 0 Å². The van der Waals surface area contributed by atoms with Crippen LogP contribution >= 0.6 is 0 Å². The first-order valence-electron chi connectivity index (χ1n) is 7.66. The molecule has 110 valence electrons. The van der Waals surface area contributed by atoms with E-state index in [9.17, 15) is 4.39 Å². The molecule has 0 heterocycles. The number of hydrogen-bond acceptors (Lipinski definition) is 0. The Kier molecular flexibility index (Phi) is 3.39. The molecule has 1 heteroatoms. The Labute approximate surface area is 134 Å². The molecule has 0 fully saturated rings. The summed E-state index contributed by atoms with van der Waals surface area (Å²) in [6, 6.07) is 29.6. The monoisotopic (exact) mass is 298 g/mol. The van der Waals surface area contributed by atoms with Gasteiger partial charge in [-0.05, 0) is 45.2 Å². The van der Waals surface area contributed by atoms with E-state index in [1.807, 2.05) is 42.5 Å². The van der Waals surface area contributed by atoms with Crippen LogP contribution in [-0.2, 0) is 0 Å². The summed E-state index contributed by atoms with van der Waals surface area (Å²) in [7, 11) is 0. The molecule has 0 aliphatic heterocycles. The van der Waals surface area contributed by atoms with Crippen molar-refractivity contribution < 1.29 is 4.39 Å². The lowest BCUT2D eigenvalue weighted by molar-refractivity contribution is 0.630. The molecule has 23 heavy (non-hydrogen) atoms. The van der Waals surface area contributed by atoms with Crippen LogP contribution in [0.15, 0.2) is 91.0 Å². The number of rotatable bonds is 2. The second-order valence-electron chi connectivity index (χ2n) is 5.59. The van der Waals surface area contributed by atoms with Gasteiger partial charge >= 0.3 is 0 Å². The van der Waals surface area contributed by atoms with Crippen LogP contribution in [0, 0.1) is 5.82 Å². The molecule has 4 aromatic rings. The molecule has 0 atom stereocenters. The van der Waals surface area contributed by atoms with E-state index in [4.69, 9.17) is 0 Å². The van der Waals surface area contributed by atoms with Gasteiger partial charge in [0.05, 0.1) is 0 Å². The van der Waals surface area contributed by atoms with Gasteiger partial charge in [-0.1, -0.05) is 78.9 Å². The summed E-state index contributed by atoms with van der Waals surface area (Å²) in [5.41, 5.74) is 4.43. The highest BCUT2D eigenvalue weighted by atomic mass is 19.1. The lowest BCUT2D eigenvalue weighted by Crippen LogP contribution is -1.88. The molecule has 4 rings (SSSR count). The van der Waals surface area contributed by atoms with Crippen LogP contribution in [-0.4, -0.2) is 0 Å². The van der Waals surface area contributed by atoms with Crippen molar-refractivity contribution in [3.05, 3.63) is 96.8 Å². The van der Waals surface area contributed by atoms with Gasteiger partial charge in [-0.15, -0.1) is 0 Å². The van der Waals surface area contributed by atoms with Gasteiger partial charge in [0, 0.05) is 0 Å². The van der Waals surface area contributed by atoms with Crippen LogP contribution in [0.5, 0.6) is 0 Å². The second kappa shape index (κ2) is 5.69. The van der Waals surface area contributed by atoms with Crippen molar-refractivity contribution in [3.8, 4) is 22.3 Å². The number of halogens is 1. The van der Waals surface area contributed by atoms with Crippen molar-refractivity contribution in [2.75, 3.05) is 0 Å². The predicted octanol–water partition coefficient (Wildman–Crippen LogP) is 6.31. The van der Waals surface area contributed by atoms with E-state index >= 15 is 0 Å². The summed E-state index contributed by atoms with van der Waals surface area (Å²) in [5, 5.41) is 1.99. The minimum Gasteiger partial charge on any atom is -0.207 e. The number of fused-ring (bicyclic) bond motifs is 1. The predicted molar refractivity (Wildman–Crippen MR) is 94.8 cm³/mol. The largest absolute Gasteiger partial charge is 0.207 e. The molecule has 0 saturated heterocycles. The van der Waals surface area contributed by atoms with Crippen molar-refractivity contribution in [3.63, 3.8) is 0 Å². The smallest absolute Gasteiger partial charge is 0.123 e. The van der Waals surface area contributed by atoms with Crippen LogP contribution in [0.25, 0.3) is 33.0 Å². The van der Waals surface area contributed by atoms with Gasteiger partial charge in [-0.2, -0.15) is 0 Å². The molecule has 0 aliphatic rings. The van der Waals surface area contributed by atoms with Gasteiger partial charge in [0.15, 0.2) is 0 Å². The molecule has 0 radical (unpaired) electrons. The molecule has 0 amide bonds. The molecule has 0 spiro atoms. The Morgan fingerprint density at radius 2 is 1.17 bits per heavy atom. The lowest BCUT2D eigenvalue weighted by Gasteiger charge is -2.14. The second-order valence-corrected chi connectivity index (χ2v) is 5.59. The van der Waals surface area contributed by atoms with E-state index in [0.717, 1.165) is 33.0 Å². The van der Waals surface area contributed by atoms with Gasteiger partial charge in [0.1, 0.15) is 5.82 Å². The summed E-state index contributed by atoms with van der Waals surface area (Å²) < 4.78 is 13.9. The van der Waals surface area contributed by atoms with E-state index in [0.29, 0.717) is 0 Å². The van der Waals surface area contributed by atoms with Gasteiger partial charge in [-0.3, -0.25) is 0 Å². The lowest BCUT2D eigenvalue weighted by atomic mass is 9.90. The van der Waals surface area contributed by atoms with E-state index in [2.05, 4.69) is 36.4 Å². The maximum absolute atomic E-state index is 13.9. The standard InChI is InChI=1S/C22H15F/c23-19-13-11-17-12-14-20(16-7-3-1-4-8-16)22(21(17)15-19)18-9-5-2-6-10-18/h1-15H. The van der Waals surface area contributed by atoms with E-state index < -0.39 is 0 Å². The molecule has 0 saturated carbocycles. The van der Waals surface area contributed by atoms with E-state index in [1.54, 1.807) is 6.07 Å². The third-order valence-electron chi connectivity index (χ3n) is 4.13. The number of hydrogen-bond donors (Lipinski definition) is 0. The maximum Gasteiger partial charge on any atom is 0.123 e. The Balaban J connectivity index is 2.11. The van der Waals surface area contributed by atoms with Gasteiger partial charge in [0.25, 0.3) is 0 Å². The minimum absolute atomic E-state index is 0.208. The van der Waals surface area contributed by atoms with Crippen molar-refractivity contribution in [1.82, 2.24) is 0 Å². The van der Waals surface area contributed by atoms with E-state index in [1.165, 1.54) is 6.07 Å². The summed E-state index contributed by atoms with van der Waals surface area (Å²) in [6.07, 6.45) is 0. The normalized spacial score (nSPS) is 10.8. The fraction of sp³-hybridized carbons (Fsp3) is 0. The highest BCUT2D eigenvalue weighted by Gasteiger charge is 2.12. The third kappa shape index (κ3) is 2.51. The SMILES string of the molecule is Fc1ccc2ccc(-c3ccccc3)c(-c3ccccc3)c2c1. The molecule has 0 aliphatic carbocycles. The Bertz CT molecular complexity index is 957. The van der Waals surface area contributed by atoms with Crippen LogP contribution in [0.2, 0.25) is 0 Å². The summed E-state index contributed by atoms with van der Waals surface area (Å²) in [4.78, 5) is 0. The molecule has 0 N–H and O–H groups in total. The van der Waals surface area contributed by atoms with Crippen LogP contribution in [0.1, 0.15) is 0 Å². The van der Waals surface area contributed by atoms with Crippen molar-refractivity contribution in [2.24, 2.45) is 0 Å². The maximum atomic E-state index is 13.9. The van der Waals surface area contributed by atoms with Gasteiger partial charge in [-0.25, -0.2) is 4.39 Å². The third-order valence-corrected chi connectivity index (χ3v) is 4.13. The first-order chi connectivity index (χ1) is 11.3. The summed E-state index contributed by atoms with van der Waals surface area (Å²) >= 11 is 0. The van der Waals surface area contributed by atoms with Crippen molar-refractivity contribution in [1.29, 1.82) is 0 Å². The zero-order valence-electron chi connectivity index (χ0n) is 12.5. The van der Waals surface area contributed by atoms with Crippen molar-refractivity contribution in [2.45, 2.75) is 0 Å². The van der Waals surface area contributed by atoms with E-state index in [-0.39, 0.29) is 5.82 Å². The summed E-state index contributed by atoms with van der Waals surface area (Å²) in [6.45, 7) is 0. The average Bonchev–Trinajstić information content (AvgIpc) is 2.62. The zero-order chi connectivity index (χ0) is 15.6.